The number of hydrogen-bond acceptors (Lipinski definition) is 2. The van der Waals surface area contributed by atoms with Gasteiger partial charge in [0.2, 0.25) is 0 Å². The van der Waals surface area contributed by atoms with E-state index in [1.54, 1.807) is 24.3 Å². The van der Waals surface area contributed by atoms with Crippen molar-refractivity contribution in [3.8, 4) is 0 Å². The molecule has 1 heterocycles. The van der Waals surface area contributed by atoms with Crippen LogP contribution < -0.4 is 5.32 Å². The van der Waals surface area contributed by atoms with Crippen molar-refractivity contribution in [1.29, 1.82) is 0 Å². The topological polar surface area (TPSA) is 46.2 Å². The second-order valence-electron chi connectivity index (χ2n) is 2.33. The molecule has 1 aliphatic rings. The molecule has 0 aliphatic carbocycles. The Morgan fingerprint density at radius 2 is 1.69 bits per heavy atom. The van der Waals surface area contributed by atoms with Crippen molar-refractivity contribution in [2.24, 2.45) is 0 Å². The van der Waals surface area contributed by atoms with Gasteiger partial charge < -0.3 is 5.32 Å². The Morgan fingerprint density at radius 3 is 2.31 bits per heavy atom. The lowest BCUT2D eigenvalue weighted by atomic mass is 10.1. The van der Waals surface area contributed by atoms with E-state index < -0.39 is 11.7 Å². The molecule has 0 spiro atoms. The molecule has 0 saturated carbocycles. The highest BCUT2D eigenvalue weighted by Crippen LogP contribution is 2.21. The predicted octanol–water partition coefficient (Wildman–Crippen LogP) is 1.85. The lowest BCUT2D eigenvalue weighted by molar-refractivity contribution is -0.112. The molecule has 2 rings (SSSR count). The van der Waals surface area contributed by atoms with E-state index >= 15 is 0 Å². The van der Waals surface area contributed by atoms with E-state index in [1.165, 1.54) is 0 Å². The van der Waals surface area contributed by atoms with Crippen molar-refractivity contribution < 1.29 is 9.59 Å². The second kappa shape index (κ2) is 3.85. The van der Waals surface area contributed by atoms with E-state index in [9.17, 15) is 9.59 Å². The van der Waals surface area contributed by atoms with Crippen LogP contribution in [0, 0.1) is 0 Å². The number of anilines is 1. The first-order valence-corrected chi connectivity index (χ1v) is 4.24. The standard InChI is InChI=1S/C8H5NO2.C2H6/c10-7-5-3-1-2-4-6(5)9-8(7)11;1-2/h1-4H,(H,9,10,11);1-2H3. The van der Waals surface area contributed by atoms with Crippen molar-refractivity contribution >= 4 is 17.4 Å². The van der Waals surface area contributed by atoms with Gasteiger partial charge in [0, 0.05) is 0 Å². The Labute approximate surface area is 76.8 Å². The number of fused-ring (bicyclic) bond motifs is 1. The Balaban J connectivity index is 0.000000396. The number of para-hydroxylation sites is 1. The van der Waals surface area contributed by atoms with Crippen molar-refractivity contribution in [2.45, 2.75) is 13.8 Å². The van der Waals surface area contributed by atoms with Gasteiger partial charge in [-0.1, -0.05) is 26.0 Å². The summed E-state index contributed by atoms with van der Waals surface area (Å²) < 4.78 is 0. The Morgan fingerprint density at radius 1 is 1.08 bits per heavy atom. The van der Waals surface area contributed by atoms with Crippen LogP contribution in [-0.4, -0.2) is 11.7 Å². The monoisotopic (exact) mass is 177 g/mol. The SMILES string of the molecule is CC.O=C1Nc2ccccc2C1=O. The van der Waals surface area contributed by atoms with Gasteiger partial charge in [-0.05, 0) is 12.1 Å². The van der Waals surface area contributed by atoms with Crippen molar-refractivity contribution in [3.63, 3.8) is 0 Å². The van der Waals surface area contributed by atoms with E-state index in [2.05, 4.69) is 5.32 Å². The molecular formula is C10H11NO2. The number of ketones is 1. The fourth-order valence-electron chi connectivity index (χ4n) is 1.09. The first-order valence-electron chi connectivity index (χ1n) is 4.24. The average Bonchev–Trinajstić information content (AvgIpc) is 2.47. The van der Waals surface area contributed by atoms with Crippen LogP contribution >= 0.6 is 0 Å². The molecule has 0 bridgehead atoms. The van der Waals surface area contributed by atoms with Crippen LogP contribution in [0.1, 0.15) is 24.2 Å². The van der Waals surface area contributed by atoms with Crippen LogP contribution in [0.4, 0.5) is 5.69 Å². The number of rotatable bonds is 0. The average molecular weight is 177 g/mol. The molecular weight excluding hydrogens is 166 g/mol. The van der Waals surface area contributed by atoms with Gasteiger partial charge in [-0.3, -0.25) is 9.59 Å². The maximum absolute atomic E-state index is 11.0. The molecule has 3 nitrogen and oxygen atoms in total. The molecule has 68 valence electrons. The number of Topliss-reactive ketones (excluding diaryl/α,β-unsaturated/α-hetero) is 1. The third kappa shape index (κ3) is 1.59. The zero-order valence-corrected chi connectivity index (χ0v) is 7.63. The number of hydrogen-bond donors (Lipinski definition) is 1. The van der Waals surface area contributed by atoms with Gasteiger partial charge in [0.15, 0.2) is 0 Å². The van der Waals surface area contributed by atoms with Gasteiger partial charge in [0.05, 0.1) is 11.3 Å². The molecule has 1 aliphatic heterocycles. The number of benzene rings is 1. The Kier molecular flexibility index (Phi) is 2.80. The molecule has 0 unspecified atom stereocenters. The Hall–Kier alpha value is -1.64. The maximum atomic E-state index is 11.0. The summed E-state index contributed by atoms with van der Waals surface area (Å²) in [4.78, 5) is 21.8. The summed E-state index contributed by atoms with van der Waals surface area (Å²) in [7, 11) is 0. The summed E-state index contributed by atoms with van der Waals surface area (Å²) in [6.07, 6.45) is 0. The molecule has 1 aromatic carbocycles. The van der Waals surface area contributed by atoms with E-state index in [0.717, 1.165) is 0 Å². The summed E-state index contributed by atoms with van der Waals surface area (Å²) in [5, 5.41) is 2.46. The van der Waals surface area contributed by atoms with Crippen molar-refractivity contribution in [3.05, 3.63) is 29.8 Å². The number of nitrogens with one attached hydrogen (secondary N) is 1. The molecule has 0 fully saturated rings. The first kappa shape index (κ1) is 9.45. The van der Waals surface area contributed by atoms with Gasteiger partial charge in [-0.2, -0.15) is 0 Å². The highest BCUT2D eigenvalue weighted by Gasteiger charge is 2.26. The molecule has 0 saturated heterocycles. The zero-order chi connectivity index (χ0) is 9.84. The minimum atomic E-state index is -0.536. The largest absolute Gasteiger partial charge is 0.318 e. The molecule has 1 amide bonds. The van der Waals surface area contributed by atoms with Gasteiger partial charge in [-0.25, -0.2) is 0 Å². The van der Waals surface area contributed by atoms with E-state index in [1.807, 2.05) is 13.8 Å². The highest BCUT2D eigenvalue weighted by molar-refractivity contribution is 6.51. The normalized spacial score (nSPS) is 12.8. The lowest BCUT2D eigenvalue weighted by Crippen LogP contribution is -2.12. The van der Waals surface area contributed by atoms with Crippen LogP contribution in [0.3, 0.4) is 0 Å². The molecule has 1 aromatic rings. The van der Waals surface area contributed by atoms with Crippen LogP contribution in [0.15, 0.2) is 24.3 Å². The molecule has 0 aromatic heterocycles. The van der Waals surface area contributed by atoms with Gasteiger partial charge in [0.25, 0.3) is 11.7 Å². The van der Waals surface area contributed by atoms with Gasteiger partial charge in [-0.15, -0.1) is 0 Å². The maximum Gasteiger partial charge on any atom is 0.296 e. The summed E-state index contributed by atoms with van der Waals surface area (Å²) >= 11 is 0. The smallest absolute Gasteiger partial charge is 0.296 e. The third-order valence-electron chi connectivity index (χ3n) is 1.63. The van der Waals surface area contributed by atoms with Crippen LogP contribution in [0.5, 0.6) is 0 Å². The summed E-state index contributed by atoms with van der Waals surface area (Å²) in [6.45, 7) is 4.00. The third-order valence-corrected chi connectivity index (χ3v) is 1.63. The number of carbonyl (C=O) groups is 2. The van der Waals surface area contributed by atoms with E-state index in [4.69, 9.17) is 0 Å². The summed E-state index contributed by atoms with van der Waals surface area (Å²) in [5.41, 5.74) is 1.08. The molecule has 1 N–H and O–H groups in total. The second-order valence-corrected chi connectivity index (χ2v) is 2.33. The number of carbonyl (C=O) groups excluding carboxylic acids is 2. The van der Waals surface area contributed by atoms with Gasteiger partial charge >= 0.3 is 0 Å². The molecule has 0 atom stereocenters. The quantitative estimate of drug-likeness (QED) is 0.614. The minimum Gasteiger partial charge on any atom is -0.318 e. The highest BCUT2D eigenvalue weighted by atomic mass is 16.2. The zero-order valence-electron chi connectivity index (χ0n) is 7.63. The van der Waals surface area contributed by atoms with Crippen LogP contribution in [-0.2, 0) is 4.79 Å². The van der Waals surface area contributed by atoms with Gasteiger partial charge in [0.1, 0.15) is 0 Å². The van der Waals surface area contributed by atoms with E-state index in [-0.39, 0.29) is 0 Å². The molecule has 0 radical (unpaired) electrons. The van der Waals surface area contributed by atoms with Crippen molar-refractivity contribution in [2.75, 3.05) is 5.32 Å². The predicted molar refractivity (Wildman–Crippen MR) is 50.8 cm³/mol. The fourth-order valence-corrected chi connectivity index (χ4v) is 1.09. The molecule has 13 heavy (non-hydrogen) atoms. The van der Waals surface area contributed by atoms with Crippen LogP contribution in [0.25, 0.3) is 0 Å². The molecule has 3 heteroatoms. The summed E-state index contributed by atoms with van der Waals surface area (Å²) in [5.74, 6) is -0.980. The first-order chi connectivity index (χ1) is 6.29. The summed E-state index contributed by atoms with van der Waals surface area (Å²) in [6, 6.07) is 6.85. The number of amides is 1. The van der Waals surface area contributed by atoms with Crippen LogP contribution in [0.2, 0.25) is 0 Å². The Bertz CT molecular complexity index is 345. The minimum absolute atomic E-state index is 0.444. The fraction of sp³-hybridized carbons (Fsp3) is 0.200. The van der Waals surface area contributed by atoms with Crippen molar-refractivity contribution in [1.82, 2.24) is 0 Å². The van der Waals surface area contributed by atoms with E-state index in [0.29, 0.717) is 11.3 Å². The lowest BCUT2D eigenvalue weighted by Gasteiger charge is -1.91.